The first-order chi connectivity index (χ1) is 6.63. The normalized spacial score (nSPS) is 12.2. The van der Waals surface area contributed by atoms with Gasteiger partial charge in [0.25, 0.3) is 5.91 Å². The van der Waals surface area contributed by atoms with Crippen molar-refractivity contribution >= 4 is 5.91 Å². The van der Waals surface area contributed by atoms with Crippen LogP contribution in [0.4, 0.5) is 0 Å². The fourth-order valence-corrected chi connectivity index (χ4v) is 0.968. The molecule has 4 heteroatoms. The number of carbonyl (C=O) groups excluding carboxylic acids is 1. The minimum atomic E-state index is -0.129. The average molecular weight is 193 g/mol. The molecule has 76 valence electrons. The topological polar surface area (TPSA) is 68.0 Å². The summed E-state index contributed by atoms with van der Waals surface area (Å²) >= 11 is 0. The maximum Gasteiger partial charge on any atom is 0.253 e. The molecular weight excluding hydrogens is 178 g/mol. The smallest absolute Gasteiger partial charge is 0.253 e. The molecule has 0 aliphatic carbocycles. The van der Waals surface area contributed by atoms with Gasteiger partial charge in [-0.1, -0.05) is 0 Å². The Labute approximate surface area is 83.5 Å². The molecule has 1 atom stereocenters. The molecule has 4 nitrogen and oxygen atoms in total. The van der Waals surface area contributed by atoms with Crippen LogP contribution in [-0.4, -0.2) is 23.5 Å². The lowest BCUT2D eigenvalue weighted by Crippen LogP contribution is -2.37. The summed E-state index contributed by atoms with van der Waals surface area (Å²) in [6.45, 7) is 4.18. The molecule has 1 aromatic heterocycles. The summed E-state index contributed by atoms with van der Waals surface area (Å²) < 4.78 is 0. The SMILES string of the molecule is Cc1ccc(C(=O)NC(C)CN)cn1. The molecule has 14 heavy (non-hydrogen) atoms. The minimum absolute atomic E-state index is 0.0104. The van der Waals surface area contributed by atoms with Gasteiger partial charge in [0.1, 0.15) is 0 Å². The minimum Gasteiger partial charge on any atom is -0.348 e. The van der Waals surface area contributed by atoms with Crippen molar-refractivity contribution in [1.29, 1.82) is 0 Å². The average Bonchev–Trinajstić information content (AvgIpc) is 2.18. The van der Waals surface area contributed by atoms with Crippen molar-refractivity contribution in [2.45, 2.75) is 19.9 Å². The van der Waals surface area contributed by atoms with Crippen LogP contribution in [0, 0.1) is 6.92 Å². The van der Waals surface area contributed by atoms with E-state index < -0.39 is 0 Å². The fraction of sp³-hybridized carbons (Fsp3) is 0.400. The number of aromatic nitrogens is 1. The van der Waals surface area contributed by atoms with Gasteiger partial charge < -0.3 is 11.1 Å². The Kier molecular flexibility index (Phi) is 3.59. The molecule has 0 saturated carbocycles. The highest BCUT2D eigenvalue weighted by Crippen LogP contribution is 1.99. The standard InChI is InChI=1S/C10H15N3O/c1-7-3-4-9(6-12-7)10(14)13-8(2)5-11/h3-4,6,8H,5,11H2,1-2H3,(H,13,14). The van der Waals surface area contributed by atoms with Gasteiger partial charge in [0.15, 0.2) is 0 Å². The molecule has 0 aromatic carbocycles. The maximum absolute atomic E-state index is 11.5. The molecular formula is C10H15N3O. The van der Waals surface area contributed by atoms with Gasteiger partial charge in [-0.25, -0.2) is 0 Å². The second-order valence-electron chi connectivity index (χ2n) is 3.30. The van der Waals surface area contributed by atoms with Crippen molar-refractivity contribution in [2.75, 3.05) is 6.54 Å². The third-order valence-corrected chi connectivity index (χ3v) is 1.90. The van der Waals surface area contributed by atoms with Crippen molar-refractivity contribution in [3.63, 3.8) is 0 Å². The van der Waals surface area contributed by atoms with E-state index in [2.05, 4.69) is 10.3 Å². The van der Waals surface area contributed by atoms with E-state index in [1.807, 2.05) is 19.9 Å². The number of hydrogen-bond donors (Lipinski definition) is 2. The molecule has 0 radical (unpaired) electrons. The summed E-state index contributed by atoms with van der Waals surface area (Å²) in [6.07, 6.45) is 1.56. The van der Waals surface area contributed by atoms with Crippen LogP contribution in [0.25, 0.3) is 0 Å². The lowest BCUT2D eigenvalue weighted by molar-refractivity contribution is 0.0941. The predicted octanol–water partition coefficient (Wildman–Crippen LogP) is 0.467. The zero-order valence-electron chi connectivity index (χ0n) is 8.45. The van der Waals surface area contributed by atoms with Crippen molar-refractivity contribution in [1.82, 2.24) is 10.3 Å². The van der Waals surface area contributed by atoms with Crippen LogP contribution in [0.3, 0.4) is 0 Å². The number of nitrogens with zero attached hydrogens (tertiary/aromatic N) is 1. The summed E-state index contributed by atoms with van der Waals surface area (Å²) in [5, 5.41) is 2.76. The number of amides is 1. The molecule has 0 spiro atoms. The van der Waals surface area contributed by atoms with Gasteiger partial charge in [-0.2, -0.15) is 0 Å². The number of aryl methyl sites for hydroxylation is 1. The van der Waals surface area contributed by atoms with Gasteiger partial charge in [0, 0.05) is 24.5 Å². The Bertz CT molecular complexity index is 308. The molecule has 0 saturated heterocycles. The first kappa shape index (κ1) is 10.7. The fourth-order valence-electron chi connectivity index (χ4n) is 0.968. The Hall–Kier alpha value is -1.42. The number of hydrogen-bond acceptors (Lipinski definition) is 3. The van der Waals surface area contributed by atoms with Gasteiger partial charge >= 0.3 is 0 Å². The number of rotatable bonds is 3. The molecule has 1 amide bonds. The number of carbonyl (C=O) groups is 1. The van der Waals surface area contributed by atoms with Gasteiger partial charge in [-0.15, -0.1) is 0 Å². The van der Waals surface area contributed by atoms with Crippen molar-refractivity contribution in [2.24, 2.45) is 5.73 Å². The van der Waals surface area contributed by atoms with Crippen LogP contribution in [0.1, 0.15) is 23.0 Å². The number of nitrogens with two attached hydrogens (primary N) is 1. The van der Waals surface area contributed by atoms with E-state index in [0.29, 0.717) is 12.1 Å². The molecule has 1 rings (SSSR count). The van der Waals surface area contributed by atoms with E-state index in [-0.39, 0.29) is 11.9 Å². The molecule has 0 fully saturated rings. The molecule has 0 bridgehead atoms. The molecule has 0 aliphatic heterocycles. The monoisotopic (exact) mass is 193 g/mol. The largest absolute Gasteiger partial charge is 0.348 e. The molecule has 3 N–H and O–H groups in total. The van der Waals surface area contributed by atoms with Crippen molar-refractivity contribution in [3.05, 3.63) is 29.6 Å². The lowest BCUT2D eigenvalue weighted by atomic mass is 10.2. The zero-order valence-corrected chi connectivity index (χ0v) is 8.45. The van der Waals surface area contributed by atoms with E-state index >= 15 is 0 Å². The van der Waals surface area contributed by atoms with Crippen LogP contribution >= 0.6 is 0 Å². The summed E-state index contributed by atoms with van der Waals surface area (Å²) in [6, 6.07) is 3.55. The first-order valence-electron chi connectivity index (χ1n) is 4.57. The maximum atomic E-state index is 11.5. The third-order valence-electron chi connectivity index (χ3n) is 1.90. The van der Waals surface area contributed by atoms with Crippen LogP contribution < -0.4 is 11.1 Å². The predicted molar refractivity (Wildman–Crippen MR) is 55.0 cm³/mol. The van der Waals surface area contributed by atoms with Crippen molar-refractivity contribution < 1.29 is 4.79 Å². The van der Waals surface area contributed by atoms with Gasteiger partial charge in [-0.3, -0.25) is 9.78 Å². The van der Waals surface area contributed by atoms with Crippen molar-refractivity contribution in [3.8, 4) is 0 Å². The third kappa shape index (κ3) is 2.81. The lowest BCUT2D eigenvalue weighted by Gasteiger charge is -2.10. The van der Waals surface area contributed by atoms with Gasteiger partial charge in [-0.05, 0) is 26.0 Å². The van der Waals surface area contributed by atoms with Crippen LogP contribution in [0.2, 0.25) is 0 Å². The zero-order chi connectivity index (χ0) is 10.6. The summed E-state index contributed by atoms with van der Waals surface area (Å²) in [5.74, 6) is -0.129. The van der Waals surface area contributed by atoms with E-state index in [1.165, 1.54) is 0 Å². The molecule has 0 aliphatic rings. The molecule has 1 aromatic rings. The van der Waals surface area contributed by atoms with E-state index in [4.69, 9.17) is 5.73 Å². The number of nitrogens with one attached hydrogen (secondary N) is 1. The highest BCUT2D eigenvalue weighted by molar-refractivity contribution is 5.94. The summed E-state index contributed by atoms with van der Waals surface area (Å²) in [4.78, 5) is 15.6. The van der Waals surface area contributed by atoms with E-state index in [0.717, 1.165) is 5.69 Å². The quantitative estimate of drug-likeness (QED) is 0.733. The molecule has 1 unspecified atom stereocenters. The highest BCUT2D eigenvalue weighted by Gasteiger charge is 2.07. The Morgan fingerprint density at radius 2 is 2.36 bits per heavy atom. The van der Waals surface area contributed by atoms with Crippen LogP contribution in [0.15, 0.2) is 18.3 Å². The van der Waals surface area contributed by atoms with E-state index in [1.54, 1.807) is 12.3 Å². The number of pyridine rings is 1. The Morgan fingerprint density at radius 3 is 2.86 bits per heavy atom. The Morgan fingerprint density at radius 1 is 1.64 bits per heavy atom. The second kappa shape index (κ2) is 4.72. The second-order valence-corrected chi connectivity index (χ2v) is 3.30. The van der Waals surface area contributed by atoms with Crippen LogP contribution in [-0.2, 0) is 0 Å². The van der Waals surface area contributed by atoms with Gasteiger partial charge in [0.05, 0.1) is 5.56 Å². The summed E-state index contributed by atoms with van der Waals surface area (Å²) in [5.41, 5.74) is 6.85. The van der Waals surface area contributed by atoms with Crippen LogP contribution in [0.5, 0.6) is 0 Å². The first-order valence-corrected chi connectivity index (χ1v) is 4.57. The highest BCUT2D eigenvalue weighted by atomic mass is 16.1. The van der Waals surface area contributed by atoms with E-state index in [9.17, 15) is 4.79 Å². The molecule has 1 heterocycles. The Balaban J connectivity index is 2.65. The van der Waals surface area contributed by atoms with Gasteiger partial charge in [0.2, 0.25) is 0 Å². The summed E-state index contributed by atoms with van der Waals surface area (Å²) in [7, 11) is 0.